The highest BCUT2D eigenvalue weighted by Gasteiger charge is 2.33. The molecule has 0 aliphatic carbocycles. The second-order valence-corrected chi connectivity index (χ2v) is 3.27. The maximum absolute atomic E-state index is 11.9. The Morgan fingerprint density at radius 3 is 2.71 bits per heavy atom. The molecule has 0 unspecified atom stereocenters. The van der Waals surface area contributed by atoms with E-state index in [2.05, 4.69) is 0 Å². The topological polar surface area (TPSA) is 46.3 Å². The van der Waals surface area contributed by atoms with E-state index in [0.717, 1.165) is 0 Å². The number of nitrogens with zero attached hydrogens (tertiary/aromatic N) is 1. The second-order valence-electron chi connectivity index (χ2n) is 3.27. The molecule has 3 nitrogen and oxygen atoms in total. The summed E-state index contributed by atoms with van der Waals surface area (Å²) < 4.78 is 35.7. The molecule has 6 heteroatoms. The standard InChI is InChI=1S/C8H12F3N2O/c9-8(10,11)3-5-13-4-1-2-6(13)7(12)14/h2,6H,1,3-5H2,(H2,12,14)/t6-/m0/s1. The Labute approximate surface area is 80.0 Å². The molecule has 0 aromatic rings. The summed E-state index contributed by atoms with van der Waals surface area (Å²) in [5, 5.41) is 0. The number of primary amides is 1. The van der Waals surface area contributed by atoms with E-state index in [4.69, 9.17) is 5.73 Å². The van der Waals surface area contributed by atoms with Crippen LogP contribution in [0.5, 0.6) is 0 Å². The molecule has 0 bridgehead atoms. The predicted molar refractivity (Wildman–Crippen MR) is 44.1 cm³/mol. The van der Waals surface area contributed by atoms with Crippen LogP contribution in [0.1, 0.15) is 12.8 Å². The van der Waals surface area contributed by atoms with E-state index in [1.54, 1.807) is 6.42 Å². The van der Waals surface area contributed by atoms with Gasteiger partial charge in [-0.1, -0.05) is 0 Å². The number of carbonyl (C=O) groups excluding carboxylic acids is 1. The van der Waals surface area contributed by atoms with Crippen molar-refractivity contribution >= 4 is 5.91 Å². The fourth-order valence-electron chi connectivity index (χ4n) is 1.50. The van der Waals surface area contributed by atoms with Gasteiger partial charge in [-0.2, -0.15) is 13.2 Å². The van der Waals surface area contributed by atoms with Gasteiger partial charge in [0.15, 0.2) is 0 Å². The molecule has 0 aromatic heterocycles. The van der Waals surface area contributed by atoms with E-state index in [-0.39, 0.29) is 6.54 Å². The molecule has 1 fully saturated rings. The molecule has 0 spiro atoms. The third-order valence-corrected chi connectivity index (χ3v) is 2.17. The van der Waals surface area contributed by atoms with Crippen molar-refractivity contribution in [2.75, 3.05) is 13.1 Å². The van der Waals surface area contributed by atoms with Gasteiger partial charge in [-0.15, -0.1) is 0 Å². The van der Waals surface area contributed by atoms with Crippen molar-refractivity contribution in [2.24, 2.45) is 5.73 Å². The minimum Gasteiger partial charge on any atom is -0.368 e. The molecular formula is C8H12F3N2O. The smallest absolute Gasteiger partial charge is 0.368 e. The lowest BCUT2D eigenvalue weighted by molar-refractivity contribution is -0.140. The monoisotopic (exact) mass is 209 g/mol. The highest BCUT2D eigenvalue weighted by molar-refractivity contribution is 5.81. The summed E-state index contributed by atoms with van der Waals surface area (Å²) in [5.41, 5.74) is 5.03. The Hall–Kier alpha value is -0.780. The Balaban J connectivity index is 2.40. The first-order chi connectivity index (χ1) is 6.40. The van der Waals surface area contributed by atoms with Crippen LogP contribution in [0, 0.1) is 6.42 Å². The lowest BCUT2D eigenvalue weighted by atomic mass is 10.2. The fraction of sp³-hybridized carbons (Fsp3) is 0.750. The lowest BCUT2D eigenvalue weighted by Crippen LogP contribution is -2.41. The van der Waals surface area contributed by atoms with Gasteiger partial charge in [-0.3, -0.25) is 9.69 Å². The quantitative estimate of drug-likeness (QED) is 0.743. The number of rotatable bonds is 3. The maximum atomic E-state index is 11.9. The van der Waals surface area contributed by atoms with Crippen molar-refractivity contribution in [1.29, 1.82) is 0 Å². The summed E-state index contributed by atoms with van der Waals surface area (Å²) in [7, 11) is 0. The van der Waals surface area contributed by atoms with E-state index >= 15 is 0 Å². The molecule has 1 saturated heterocycles. The van der Waals surface area contributed by atoms with Crippen LogP contribution in [0.25, 0.3) is 0 Å². The highest BCUT2D eigenvalue weighted by Crippen LogP contribution is 2.23. The minimum absolute atomic E-state index is 0.159. The molecule has 1 atom stereocenters. The summed E-state index contributed by atoms with van der Waals surface area (Å²) in [5.74, 6) is -0.579. The summed E-state index contributed by atoms with van der Waals surface area (Å²) in [4.78, 5) is 12.3. The fourth-order valence-corrected chi connectivity index (χ4v) is 1.50. The Morgan fingerprint density at radius 2 is 2.21 bits per heavy atom. The van der Waals surface area contributed by atoms with Crippen LogP contribution in [0.15, 0.2) is 0 Å². The van der Waals surface area contributed by atoms with Crippen LogP contribution < -0.4 is 5.73 Å². The van der Waals surface area contributed by atoms with Crippen LogP contribution in [0.3, 0.4) is 0 Å². The van der Waals surface area contributed by atoms with E-state index in [9.17, 15) is 18.0 Å². The number of hydrogen-bond donors (Lipinski definition) is 1. The van der Waals surface area contributed by atoms with Crippen LogP contribution in [-0.4, -0.2) is 36.1 Å². The average Bonchev–Trinajstić information content (AvgIpc) is 2.46. The molecule has 1 rings (SSSR count). The van der Waals surface area contributed by atoms with Gasteiger partial charge in [0.1, 0.15) is 0 Å². The number of hydrogen-bond acceptors (Lipinski definition) is 2. The molecule has 14 heavy (non-hydrogen) atoms. The second kappa shape index (κ2) is 4.16. The van der Waals surface area contributed by atoms with E-state index in [0.29, 0.717) is 13.0 Å². The number of likely N-dealkylation sites (tertiary alicyclic amines) is 1. The first-order valence-electron chi connectivity index (χ1n) is 4.33. The van der Waals surface area contributed by atoms with Crippen molar-refractivity contribution in [2.45, 2.75) is 25.1 Å². The van der Waals surface area contributed by atoms with E-state index in [1.807, 2.05) is 0 Å². The van der Waals surface area contributed by atoms with Crippen molar-refractivity contribution in [1.82, 2.24) is 4.90 Å². The van der Waals surface area contributed by atoms with Gasteiger partial charge in [0.2, 0.25) is 5.91 Å². The van der Waals surface area contributed by atoms with Gasteiger partial charge < -0.3 is 5.73 Å². The van der Waals surface area contributed by atoms with Crippen molar-refractivity contribution in [3.63, 3.8) is 0 Å². The molecule has 1 aliphatic rings. The molecule has 0 aromatic carbocycles. The summed E-state index contributed by atoms with van der Waals surface area (Å²) >= 11 is 0. The molecule has 0 saturated carbocycles. The number of nitrogens with two attached hydrogens (primary N) is 1. The number of alkyl halides is 3. The van der Waals surface area contributed by atoms with Gasteiger partial charge in [-0.25, -0.2) is 0 Å². The first kappa shape index (κ1) is 11.3. The summed E-state index contributed by atoms with van der Waals surface area (Å²) in [6.07, 6.45) is -2.81. The maximum Gasteiger partial charge on any atom is 0.390 e. The zero-order valence-electron chi connectivity index (χ0n) is 7.55. The molecular weight excluding hydrogens is 197 g/mol. The van der Waals surface area contributed by atoms with Gasteiger partial charge in [0, 0.05) is 6.54 Å². The van der Waals surface area contributed by atoms with E-state index in [1.165, 1.54) is 4.90 Å². The summed E-state index contributed by atoms with van der Waals surface area (Å²) in [6.45, 7) is 0.317. The van der Waals surface area contributed by atoms with Crippen LogP contribution in [0.2, 0.25) is 0 Å². The van der Waals surface area contributed by atoms with Gasteiger partial charge in [-0.05, 0) is 19.4 Å². The zero-order chi connectivity index (χ0) is 10.8. The minimum atomic E-state index is -4.18. The van der Waals surface area contributed by atoms with Crippen molar-refractivity contribution in [3.8, 4) is 0 Å². The third-order valence-electron chi connectivity index (χ3n) is 2.17. The van der Waals surface area contributed by atoms with Crippen LogP contribution >= 0.6 is 0 Å². The average molecular weight is 209 g/mol. The van der Waals surface area contributed by atoms with Crippen molar-refractivity contribution in [3.05, 3.63) is 6.42 Å². The Kier molecular flexibility index (Phi) is 3.36. The van der Waals surface area contributed by atoms with E-state index < -0.39 is 24.5 Å². The van der Waals surface area contributed by atoms with Gasteiger partial charge >= 0.3 is 6.18 Å². The molecule has 1 amide bonds. The molecule has 1 heterocycles. The number of amides is 1. The predicted octanol–water partition coefficient (Wildman–Crippen LogP) is 0.703. The number of halogens is 3. The van der Waals surface area contributed by atoms with Crippen molar-refractivity contribution < 1.29 is 18.0 Å². The normalized spacial score (nSPS) is 24.1. The SMILES string of the molecule is NC(=O)[C@@H]1[CH]CCN1CCC(F)(F)F. The Bertz CT molecular complexity index is 217. The summed E-state index contributed by atoms with van der Waals surface area (Å²) in [6, 6.07) is -0.627. The zero-order valence-corrected chi connectivity index (χ0v) is 7.55. The highest BCUT2D eigenvalue weighted by atomic mass is 19.4. The first-order valence-corrected chi connectivity index (χ1v) is 4.33. The van der Waals surface area contributed by atoms with Gasteiger partial charge in [0.25, 0.3) is 0 Å². The Morgan fingerprint density at radius 1 is 1.57 bits per heavy atom. The lowest BCUT2D eigenvalue weighted by Gasteiger charge is -2.21. The molecule has 1 aliphatic heterocycles. The van der Waals surface area contributed by atoms with Crippen LogP contribution in [-0.2, 0) is 4.79 Å². The number of carbonyl (C=O) groups is 1. The molecule has 81 valence electrons. The van der Waals surface area contributed by atoms with Gasteiger partial charge in [0.05, 0.1) is 12.5 Å². The molecule has 1 radical (unpaired) electrons. The third kappa shape index (κ3) is 3.17. The molecule has 2 N–H and O–H groups in total. The van der Waals surface area contributed by atoms with Crippen LogP contribution in [0.4, 0.5) is 13.2 Å². The largest absolute Gasteiger partial charge is 0.390 e.